The number of halogens is 2. The van der Waals surface area contributed by atoms with Crippen molar-refractivity contribution < 1.29 is 5.21 Å². The van der Waals surface area contributed by atoms with Crippen molar-refractivity contribution in [1.29, 1.82) is 0 Å². The van der Waals surface area contributed by atoms with Gasteiger partial charge in [0, 0.05) is 0 Å². The predicted octanol–water partition coefficient (Wildman–Crippen LogP) is 1.17. The molecule has 0 aliphatic rings. The topological polar surface area (TPSA) is 84.4 Å². The molecule has 0 fully saturated rings. The first kappa shape index (κ1) is 9.02. The van der Waals surface area contributed by atoms with Gasteiger partial charge in [-0.25, -0.2) is 9.97 Å². The molecule has 1 rings (SSSR count). The van der Waals surface area contributed by atoms with Gasteiger partial charge in [-0.15, -0.1) is 0 Å². The van der Waals surface area contributed by atoms with Crippen molar-refractivity contribution in [3.05, 3.63) is 15.9 Å². The van der Waals surface area contributed by atoms with E-state index in [4.69, 9.17) is 34.1 Å². The Morgan fingerprint density at radius 2 is 1.83 bits per heavy atom. The van der Waals surface area contributed by atoms with Crippen LogP contribution in [0.15, 0.2) is 5.16 Å². The maximum Gasteiger partial charge on any atom is 0.222 e. The Balaban J connectivity index is 3.28. The molecule has 1 aromatic heterocycles. The highest BCUT2D eigenvalue weighted by Gasteiger charge is 2.07. The van der Waals surface area contributed by atoms with Gasteiger partial charge in [0.2, 0.25) is 5.95 Å². The Kier molecular flexibility index (Phi) is 2.67. The summed E-state index contributed by atoms with van der Waals surface area (Å²) in [5, 5.41) is 11.0. The molecule has 0 aliphatic heterocycles. The van der Waals surface area contributed by atoms with Crippen molar-refractivity contribution in [3.63, 3.8) is 0 Å². The summed E-state index contributed by atoms with van der Waals surface area (Å²) in [5.41, 5.74) is 5.46. The molecule has 0 bridgehead atoms. The fourth-order valence-electron chi connectivity index (χ4n) is 0.596. The van der Waals surface area contributed by atoms with E-state index in [9.17, 15) is 0 Å². The molecule has 0 saturated carbocycles. The van der Waals surface area contributed by atoms with E-state index in [1.54, 1.807) is 0 Å². The first-order valence-electron chi connectivity index (χ1n) is 2.81. The second-order valence-corrected chi connectivity index (χ2v) is 2.54. The molecule has 0 unspecified atom stereocenters. The van der Waals surface area contributed by atoms with Crippen LogP contribution in [0.25, 0.3) is 0 Å². The second kappa shape index (κ2) is 3.55. The Morgan fingerprint density at radius 1 is 1.33 bits per heavy atom. The van der Waals surface area contributed by atoms with Crippen molar-refractivity contribution in [2.24, 2.45) is 5.16 Å². The van der Waals surface area contributed by atoms with E-state index in [0.29, 0.717) is 0 Å². The molecule has 0 radical (unpaired) electrons. The van der Waals surface area contributed by atoms with Crippen LogP contribution in [-0.4, -0.2) is 21.4 Å². The van der Waals surface area contributed by atoms with E-state index < -0.39 is 0 Å². The van der Waals surface area contributed by atoms with Gasteiger partial charge in [-0.3, -0.25) is 0 Å². The number of nitrogens with zero attached hydrogens (tertiary/aromatic N) is 3. The molecule has 0 saturated heterocycles. The highest BCUT2D eigenvalue weighted by molar-refractivity contribution is 6.37. The van der Waals surface area contributed by atoms with E-state index in [-0.39, 0.29) is 21.8 Å². The molecule has 0 aliphatic carbocycles. The van der Waals surface area contributed by atoms with E-state index >= 15 is 0 Å². The number of hydrogen-bond donors (Lipinski definition) is 2. The number of hydrogen-bond acceptors (Lipinski definition) is 5. The zero-order valence-electron chi connectivity index (χ0n) is 5.70. The smallest absolute Gasteiger partial charge is 0.222 e. The summed E-state index contributed by atoms with van der Waals surface area (Å²) in [4.78, 5) is 7.20. The van der Waals surface area contributed by atoms with Crippen molar-refractivity contribution in [3.8, 4) is 0 Å². The summed E-state index contributed by atoms with van der Waals surface area (Å²) >= 11 is 11.2. The first-order valence-corrected chi connectivity index (χ1v) is 3.56. The quantitative estimate of drug-likeness (QED) is 0.313. The number of anilines is 1. The molecule has 7 heteroatoms. The molecular weight excluding hydrogens is 203 g/mol. The lowest BCUT2D eigenvalue weighted by Crippen LogP contribution is -1.99. The fourth-order valence-corrected chi connectivity index (χ4v) is 1.09. The molecule has 1 aromatic rings. The minimum absolute atomic E-state index is 0.0277. The molecule has 0 amide bonds. The van der Waals surface area contributed by atoms with Crippen LogP contribution >= 0.6 is 23.2 Å². The van der Waals surface area contributed by atoms with Crippen LogP contribution in [0.4, 0.5) is 5.95 Å². The third-order valence-electron chi connectivity index (χ3n) is 1.06. The third kappa shape index (κ3) is 1.75. The standard InChI is InChI=1S/C5H4Cl2N4O/c6-3-2(1-9-12)4(7)11-5(8)10-3/h1,12H,(H2,8,10,11)/b9-1-. The zero-order chi connectivity index (χ0) is 9.14. The van der Waals surface area contributed by atoms with Gasteiger partial charge in [0.25, 0.3) is 0 Å². The van der Waals surface area contributed by atoms with Crippen LogP contribution in [0.2, 0.25) is 10.3 Å². The zero-order valence-corrected chi connectivity index (χ0v) is 7.21. The Hall–Kier alpha value is -1.07. The van der Waals surface area contributed by atoms with Crippen LogP contribution in [0.5, 0.6) is 0 Å². The third-order valence-corrected chi connectivity index (χ3v) is 1.63. The molecule has 0 spiro atoms. The number of aromatic nitrogens is 2. The monoisotopic (exact) mass is 206 g/mol. The Morgan fingerprint density at radius 3 is 2.25 bits per heavy atom. The summed E-state index contributed by atoms with van der Waals surface area (Å²) in [7, 11) is 0. The summed E-state index contributed by atoms with van der Waals surface area (Å²) in [6.07, 6.45) is 1.03. The van der Waals surface area contributed by atoms with E-state index in [2.05, 4.69) is 15.1 Å². The summed E-state index contributed by atoms with van der Waals surface area (Å²) in [5.74, 6) is -0.0277. The lowest BCUT2D eigenvalue weighted by molar-refractivity contribution is 0.322. The highest BCUT2D eigenvalue weighted by atomic mass is 35.5. The average Bonchev–Trinajstić information content (AvgIpc) is 1.96. The molecule has 3 N–H and O–H groups in total. The van der Waals surface area contributed by atoms with E-state index in [1.807, 2.05) is 0 Å². The van der Waals surface area contributed by atoms with E-state index in [1.165, 1.54) is 0 Å². The van der Waals surface area contributed by atoms with Crippen LogP contribution < -0.4 is 5.73 Å². The predicted molar refractivity (Wildman–Crippen MR) is 45.8 cm³/mol. The molecule has 0 aromatic carbocycles. The van der Waals surface area contributed by atoms with Crippen molar-refractivity contribution in [2.45, 2.75) is 0 Å². The molecule has 64 valence electrons. The van der Waals surface area contributed by atoms with Gasteiger partial charge in [0.1, 0.15) is 10.3 Å². The maximum atomic E-state index is 8.20. The minimum Gasteiger partial charge on any atom is -0.411 e. The molecule has 0 atom stereocenters. The van der Waals surface area contributed by atoms with Gasteiger partial charge in [0.15, 0.2) is 0 Å². The number of rotatable bonds is 1. The Bertz CT molecular complexity index is 304. The van der Waals surface area contributed by atoms with Crippen molar-refractivity contribution >= 4 is 35.4 Å². The van der Waals surface area contributed by atoms with E-state index in [0.717, 1.165) is 6.21 Å². The summed E-state index contributed by atoms with van der Waals surface area (Å²) < 4.78 is 0. The van der Waals surface area contributed by atoms with Gasteiger partial charge >= 0.3 is 0 Å². The number of nitrogens with two attached hydrogens (primary N) is 1. The van der Waals surface area contributed by atoms with Crippen LogP contribution in [0.1, 0.15) is 5.56 Å². The molecular formula is C5H4Cl2N4O. The van der Waals surface area contributed by atoms with Gasteiger partial charge in [0.05, 0.1) is 11.8 Å². The summed E-state index contributed by atoms with van der Waals surface area (Å²) in [6, 6.07) is 0. The number of nitrogen functional groups attached to an aromatic ring is 1. The van der Waals surface area contributed by atoms with Crippen LogP contribution in [0.3, 0.4) is 0 Å². The normalized spacial score (nSPS) is 10.8. The molecule has 1 heterocycles. The average molecular weight is 207 g/mol. The van der Waals surface area contributed by atoms with Gasteiger partial charge < -0.3 is 10.9 Å². The largest absolute Gasteiger partial charge is 0.411 e. The molecule has 12 heavy (non-hydrogen) atoms. The highest BCUT2D eigenvalue weighted by Crippen LogP contribution is 2.19. The van der Waals surface area contributed by atoms with Crippen molar-refractivity contribution in [2.75, 3.05) is 5.73 Å². The Labute approximate surface area is 77.8 Å². The van der Waals surface area contributed by atoms with Gasteiger partial charge in [-0.2, -0.15) is 0 Å². The van der Waals surface area contributed by atoms with Gasteiger partial charge in [-0.05, 0) is 0 Å². The lowest BCUT2D eigenvalue weighted by Gasteiger charge is -1.99. The number of oxime groups is 1. The molecule has 5 nitrogen and oxygen atoms in total. The first-order chi connectivity index (χ1) is 5.65. The van der Waals surface area contributed by atoms with Crippen LogP contribution in [0, 0.1) is 0 Å². The maximum absolute atomic E-state index is 8.20. The van der Waals surface area contributed by atoms with Crippen molar-refractivity contribution in [1.82, 2.24) is 9.97 Å². The minimum atomic E-state index is -0.0277. The lowest BCUT2D eigenvalue weighted by atomic mass is 10.4. The van der Waals surface area contributed by atoms with Gasteiger partial charge in [-0.1, -0.05) is 28.4 Å². The summed E-state index contributed by atoms with van der Waals surface area (Å²) in [6.45, 7) is 0. The fraction of sp³-hybridized carbons (Fsp3) is 0. The second-order valence-electron chi connectivity index (χ2n) is 1.82. The SMILES string of the molecule is Nc1nc(Cl)c(/C=N\O)c(Cl)n1. The van der Waals surface area contributed by atoms with Crippen LogP contribution in [-0.2, 0) is 0 Å².